The summed E-state index contributed by atoms with van der Waals surface area (Å²) in [6.45, 7) is -0.909. The molecule has 0 fully saturated rings. The molecule has 176 valence electrons. The van der Waals surface area contributed by atoms with Crippen LogP contribution in [0.4, 0.5) is 17.6 Å². The zero-order valence-corrected chi connectivity index (χ0v) is 19.0. The molecule has 4 aromatic rings. The van der Waals surface area contributed by atoms with Crippen LogP contribution in [0.3, 0.4) is 0 Å². The van der Waals surface area contributed by atoms with Crippen molar-refractivity contribution in [2.45, 2.75) is 45.6 Å². The normalized spacial score (nSPS) is 11.4. The average Bonchev–Trinajstić information content (AvgIpc) is 2.83. The van der Waals surface area contributed by atoms with Crippen molar-refractivity contribution in [2.75, 3.05) is 0 Å². The number of benzene rings is 4. The van der Waals surface area contributed by atoms with Crippen LogP contribution in [0.25, 0.3) is 21.9 Å². The van der Waals surface area contributed by atoms with Crippen LogP contribution >= 0.6 is 0 Å². The highest BCUT2D eigenvalue weighted by Crippen LogP contribution is 2.29. The molecule has 0 aromatic heterocycles. The maximum Gasteiger partial charge on any atom is 0.387 e. The number of alkyl halides is 2. The molecule has 0 heterocycles. The van der Waals surface area contributed by atoms with E-state index in [4.69, 9.17) is 0 Å². The highest BCUT2D eigenvalue weighted by Gasteiger charge is 2.12. The van der Waals surface area contributed by atoms with E-state index in [0.29, 0.717) is 29.4 Å². The lowest BCUT2D eigenvalue weighted by molar-refractivity contribution is -0.0522. The summed E-state index contributed by atoms with van der Waals surface area (Å²) in [6, 6.07) is 21.7. The molecule has 5 heteroatoms. The second-order valence-corrected chi connectivity index (χ2v) is 8.42. The Hall–Kier alpha value is -3.34. The fourth-order valence-corrected chi connectivity index (χ4v) is 4.17. The van der Waals surface area contributed by atoms with Gasteiger partial charge in [0, 0.05) is 5.39 Å². The molecular weight excluding hydrogens is 440 g/mol. The minimum absolute atomic E-state index is 0.293. The maximum atomic E-state index is 15.2. The molecule has 0 N–H and O–H groups in total. The minimum atomic E-state index is -3.09. The molecular formula is C29H26F4O. The molecule has 1 nitrogen and oxygen atoms in total. The zero-order chi connectivity index (χ0) is 24.1. The Morgan fingerprint density at radius 3 is 2.32 bits per heavy atom. The standard InChI is InChI=1S/C29H26F4O/c1-2-3-5-19-6-4-7-22(16-19)23-13-14-25-24(18-23)12-11-21(28(25)31)10-8-20-9-15-27(26(30)17-20)34-29(32)33/h4,6-7,9,11-18,29H,2-3,5,8,10H2,1H3. The summed E-state index contributed by atoms with van der Waals surface area (Å²) in [5, 5.41) is 1.35. The molecule has 4 aromatic carbocycles. The third kappa shape index (κ3) is 5.58. The van der Waals surface area contributed by atoms with Crippen molar-refractivity contribution < 1.29 is 22.3 Å². The lowest BCUT2D eigenvalue weighted by atomic mass is 9.96. The first-order valence-corrected chi connectivity index (χ1v) is 11.5. The number of hydrogen-bond acceptors (Lipinski definition) is 1. The van der Waals surface area contributed by atoms with Gasteiger partial charge < -0.3 is 4.74 Å². The van der Waals surface area contributed by atoms with Gasteiger partial charge in [-0.05, 0) is 77.1 Å². The third-order valence-electron chi connectivity index (χ3n) is 6.01. The molecule has 0 aliphatic carbocycles. The van der Waals surface area contributed by atoms with Gasteiger partial charge in [-0.25, -0.2) is 8.78 Å². The minimum Gasteiger partial charge on any atom is -0.432 e. The number of fused-ring (bicyclic) bond motifs is 1. The summed E-state index contributed by atoms with van der Waals surface area (Å²) >= 11 is 0. The van der Waals surface area contributed by atoms with Gasteiger partial charge in [0.15, 0.2) is 11.6 Å². The summed E-state index contributed by atoms with van der Waals surface area (Å²) in [4.78, 5) is 0. The van der Waals surface area contributed by atoms with E-state index in [1.54, 1.807) is 12.1 Å². The number of hydrogen-bond donors (Lipinski definition) is 0. The second kappa shape index (κ2) is 10.7. The molecule has 34 heavy (non-hydrogen) atoms. The number of rotatable bonds is 9. The molecule has 0 amide bonds. The van der Waals surface area contributed by atoms with Gasteiger partial charge in [-0.3, -0.25) is 0 Å². The predicted molar refractivity (Wildman–Crippen MR) is 128 cm³/mol. The lowest BCUT2D eigenvalue weighted by Gasteiger charge is -2.11. The van der Waals surface area contributed by atoms with Crippen molar-refractivity contribution in [1.82, 2.24) is 0 Å². The van der Waals surface area contributed by atoms with Crippen LogP contribution in [0, 0.1) is 11.6 Å². The summed E-state index contributed by atoms with van der Waals surface area (Å²) in [6.07, 6.45) is 4.07. The fourth-order valence-electron chi connectivity index (χ4n) is 4.17. The predicted octanol–water partition coefficient (Wildman–Crippen LogP) is 8.51. The first-order valence-electron chi connectivity index (χ1n) is 11.5. The molecule has 0 aliphatic rings. The van der Waals surface area contributed by atoms with E-state index < -0.39 is 18.2 Å². The Balaban J connectivity index is 1.52. The van der Waals surface area contributed by atoms with E-state index in [1.165, 1.54) is 17.7 Å². The van der Waals surface area contributed by atoms with E-state index >= 15 is 4.39 Å². The summed E-state index contributed by atoms with van der Waals surface area (Å²) in [7, 11) is 0. The molecule has 0 atom stereocenters. The van der Waals surface area contributed by atoms with Crippen LogP contribution in [0.5, 0.6) is 5.75 Å². The van der Waals surface area contributed by atoms with E-state index in [2.05, 4.69) is 35.9 Å². The lowest BCUT2D eigenvalue weighted by Crippen LogP contribution is -2.04. The van der Waals surface area contributed by atoms with E-state index in [-0.39, 0.29) is 5.82 Å². The van der Waals surface area contributed by atoms with Crippen LogP contribution < -0.4 is 4.74 Å². The number of halogens is 4. The topological polar surface area (TPSA) is 9.23 Å². The van der Waals surface area contributed by atoms with Crippen molar-refractivity contribution >= 4 is 10.8 Å². The highest BCUT2D eigenvalue weighted by atomic mass is 19.3. The maximum absolute atomic E-state index is 15.2. The quantitative estimate of drug-likeness (QED) is 0.225. The van der Waals surface area contributed by atoms with Gasteiger partial charge in [0.25, 0.3) is 0 Å². The van der Waals surface area contributed by atoms with Gasteiger partial charge in [0.2, 0.25) is 0 Å². The monoisotopic (exact) mass is 466 g/mol. The van der Waals surface area contributed by atoms with Crippen molar-refractivity contribution in [3.05, 3.63) is 101 Å². The van der Waals surface area contributed by atoms with Crippen molar-refractivity contribution in [3.8, 4) is 16.9 Å². The van der Waals surface area contributed by atoms with Gasteiger partial charge in [0.1, 0.15) is 5.82 Å². The van der Waals surface area contributed by atoms with Crippen molar-refractivity contribution in [2.24, 2.45) is 0 Å². The molecule has 0 radical (unpaired) electrons. The third-order valence-corrected chi connectivity index (χ3v) is 6.01. The summed E-state index contributed by atoms with van der Waals surface area (Å²) < 4.78 is 57.9. The Bertz CT molecular complexity index is 1280. The van der Waals surface area contributed by atoms with Crippen LogP contribution in [0.1, 0.15) is 36.5 Å². The van der Waals surface area contributed by atoms with E-state index in [0.717, 1.165) is 41.8 Å². The first-order chi connectivity index (χ1) is 16.4. The Morgan fingerprint density at radius 2 is 1.56 bits per heavy atom. The molecule has 4 rings (SSSR count). The largest absolute Gasteiger partial charge is 0.432 e. The van der Waals surface area contributed by atoms with E-state index in [1.807, 2.05) is 18.2 Å². The van der Waals surface area contributed by atoms with Crippen LogP contribution in [-0.4, -0.2) is 6.61 Å². The zero-order valence-electron chi connectivity index (χ0n) is 19.0. The van der Waals surface area contributed by atoms with Gasteiger partial charge >= 0.3 is 6.61 Å². The molecule has 0 aliphatic heterocycles. The molecule has 0 spiro atoms. The Kier molecular flexibility index (Phi) is 7.51. The van der Waals surface area contributed by atoms with Crippen molar-refractivity contribution in [3.63, 3.8) is 0 Å². The summed E-state index contributed by atoms with van der Waals surface area (Å²) in [5.74, 6) is -1.65. The second-order valence-electron chi connectivity index (χ2n) is 8.42. The number of ether oxygens (including phenoxy) is 1. The molecule has 0 saturated carbocycles. The van der Waals surface area contributed by atoms with E-state index in [9.17, 15) is 13.2 Å². The smallest absolute Gasteiger partial charge is 0.387 e. The molecule has 0 bridgehead atoms. The highest BCUT2D eigenvalue weighted by molar-refractivity contribution is 5.88. The Morgan fingerprint density at radius 1 is 0.765 bits per heavy atom. The number of aryl methyl sites for hydroxylation is 3. The Labute approximate surface area is 197 Å². The van der Waals surface area contributed by atoms with Gasteiger partial charge in [-0.1, -0.05) is 67.9 Å². The molecule has 0 saturated heterocycles. The van der Waals surface area contributed by atoms with Crippen molar-refractivity contribution in [1.29, 1.82) is 0 Å². The van der Waals surface area contributed by atoms with Gasteiger partial charge in [-0.15, -0.1) is 0 Å². The van der Waals surface area contributed by atoms with Crippen LogP contribution in [-0.2, 0) is 19.3 Å². The van der Waals surface area contributed by atoms with Gasteiger partial charge in [-0.2, -0.15) is 8.78 Å². The van der Waals surface area contributed by atoms with Crippen LogP contribution in [0.2, 0.25) is 0 Å². The SMILES string of the molecule is CCCCc1cccc(-c2ccc3c(F)c(CCc4ccc(OC(F)F)c(F)c4)ccc3c2)c1. The van der Waals surface area contributed by atoms with Crippen LogP contribution in [0.15, 0.2) is 72.8 Å². The summed E-state index contributed by atoms with van der Waals surface area (Å²) in [5.41, 5.74) is 4.55. The molecule has 0 unspecified atom stereocenters. The first kappa shape index (κ1) is 23.8. The fraction of sp³-hybridized carbons (Fsp3) is 0.241. The number of unbranched alkanes of at least 4 members (excludes halogenated alkanes) is 1. The average molecular weight is 467 g/mol. The van der Waals surface area contributed by atoms with Gasteiger partial charge in [0.05, 0.1) is 0 Å².